The van der Waals surface area contributed by atoms with E-state index in [1.165, 1.54) is 12.1 Å². The van der Waals surface area contributed by atoms with Crippen LogP contribution in [0.2, 0.25) is 0 Å². The fourth-order valence-corrected chi connectivity index (χ4v) is 3.33. The quantitative estimate of drug-likeness (QED) is 0.389. The van der Waals surface area contributed by atoms with Gasteiger partial charge < -0.3 is 14.2 Å². The number of esters is 1. The molecule has 2 aromatic rings. The summed E-state index contributed by atoms with van der Waals surface area (Å²) in [7, 11) is 0. The second-order valence-corrected chi connectivity index (χ2v) is 7.38. The van der Waals surface area contributed by atoms with E-state index in [4.69, 9.17) is 14.2 Å². The number of hydrogen-bond acceptors (Lipinski definition) is 5. The number of benzene rings is 2. The number of carbonyl (C=O) groups is 1. The van der Waals surface area contributed by atoms with E-state index in [0.717, 1.165) is 22.6 Å². The van der Waals surface area contributed by atoms with E-state index in [2.05, 4.69) is 0 Å². The van der Waals surface area contributed by atoms with Crippen LogP contribution in [0.3, 0.4) is 0 Å². The topological polar surface area (TPSA) is 44.8 Å². The fourth-order valence-electron chi connectivity index (χ4n) is 2.42. The molecule has 0 fully saturated rings. The second kappa shape index (κ2) is 10.4. The minimum atomic E-state index is -4.36. The standard InChI is InChI=1S/C21H23F3O4S/c1-4-26-20(25)12-27-19-10-9-18(11-14(19)2)29-13-15(3)28-17-7-5-16(6-8-17)21(22,23)24/h5-11,15H,4,12-13H2,1-3H3. The molecule has 0 bridgehead atoms. The lowest BCUT2D eigenvalue weighted by Crippen LogP contribution is -2.15. The Hall–Kier alpha value is -2.35. The molecule has 0 spiro atoms. The molecule has 0 aliphatic carbocycles. The Bertz CT molecular complexity index is 807. The monoisotopic (exact) mass is 428 g/mol. The summed E-state index contributed by atoms with van der Waals surface area (Å²) in [5, 5.41) is 0. The van der Waals surface area contributed by atoms with Crippen molar-refractivity contribution in [1.29, 1.82) is 0 Å². The average molecular weight is 428 g/mol. The summed E-state index contributed by atoms with van der Waals surface area (Å²) in [5.41, 5.74) is 0.184. The highest BCUT2D eigenvalue weighted by atomic mass is 32.2. The van der Waals surface area contributed by atoms with Crippen molar-refractivity contribution in [1.82, 2.24) is 0 Å². The van der Waals surface area contributed by atoms with E-state index >= 15 is 0 Å². The molecule has 158 valence electrons. The third kappa shape index (κ3) is 7.53. The minimum Gasteiger partial charge on any atom is -0.490 e. The van der Waals surface area contributed by atoms with Crippen molar-refractivity contribution >= 4 is 17.7 Å². The van der Waals surface area contributed by atoms with Gasteiger partial charge in [0.05, 0.1) is 12.2 Å². The summed E-state index contributed by atoms with van der Waals surface area (Å²) < 4.78 is 53.8. The van der Waals surface area contributed by atoms with E-state index in [-0.39, 0.29) is 12.7 Å². The first-order valence-electron chi connectivity index (χ1n) is 9.04. The van der Waals surface area contributed by atoms with Crippen LogP contribution in [0.5, 0.6) is 11.5 Å². The SMILES string of the molecule is CCOC(=O)COc1ccc(SCC(C)Oc2ccc(C(F)(F)F)cc2)cc1C. The van der Waals surface area contributed by atoms with Crippen LogP contribution < -0.4 is 9.47 Å². The molecule has 0 aliphatic rings. The molecule has 0 N–H and O–H groups in total. The van der Waals surface area contributed by atoms with E-state index in [1.54, 1.807) is 24.8 Å². The van der Waals surface area contributed by atoms with Gasteiger partial charge in [0, 0.05) is 10.6 Å². The van der Waals surface area contributed by atoms with Gasteiger partial charge in [0.15, 0.2) is 6.61 Å². The molecule has 0 aliphatic heterocycles. The van der Waals surface area contributed by atoms with Crippen LogP contribution in [0.15, 0.2) is 47.4 Å². The van der Waals surface area contributed by atoms with Crippen molar-refractivity contribution in [2.24, 2.45) is 0 Å². The van der Waals surface area contributed by atoms with E-state index in [0.29, 0.717) is 23.9 Å². The summed E-state index contributed by atoms with van der Waals surface area (Å²) >= 11 is 1.56. The highest BCUT2D eigenvalue weighted by Gasteiger charge is 2.30. The summed E-state index contributed by atoms with van der Waals surface area (Å²) in [6.07, 6.45) is -4.55. The first kappa shape index (κ1) is 22.9. The van der Waals surface area contributed by atoms with Crippen LogP contribution >= 0.6 is 11.8 Å². The molecule has 4 nitrogen and oxygen atoms in total. The van der Waals surface area contributed by atoms with Crippen LogP contribution in [0.4, 0.5) is 13.2 Å². The summed E-state index contributed by atoms with van der Waals surface area (Å²) in [5.74, 6) is 1.20. The van der Waals surface area contributed by atoms with Gasteiger partial charge in [-0.05, 0) is 68.8 Å². The van der Waals surface area contributed by atoms with Gasteiger partial charge in [-0.3, -0.25) is 0 Å². The van der Waals surface area contributed by atoms with Gasteiger partial charge in [-0.1, -0.05) is 0 Å². The smallest absolute Gasteiger partial charge is 0.416 e. The molecule has 0 radical (unpaired) electrons. The lowest BCUT2D eigenvalue weighted by molar-refractivity contribution is -0.145. The zero-order chi connectivity index (χ0) is 21.4. The minimum absolute atomic E-state index is 0.140. The summed E-state index contributed by atoms with van der Waals surface area (Å²) in [6, 6.07) is 10.3. The van der Waals surface area contributed by atoms with Crippen molar-refractivity contribution < 1.29 is 32.2 Å². The van der Waals surface area contributed by atoms with Crippen molar-refractivity contribution in [3.8, 4) is 11.5 Å². The van der Waals surface area contributed by atoms with Crippen LogP contribution in [0.1, 0.15) is 25.0 Å². The number of rotatable bonds is 9. The maximum atomic E-state index is 12.6. The molecule has 1 unspecified atom stereocenters. The molecule has 0 amide bonds. The molecular formula is C21H23F3O4S. The number of carbonyl (C=O) groups excluding carboxylic acids is 1. The van der Waals surface area contributed by atoms with Gasteiger partial charge in [0.1, 0.15) is 17.6 Å². The lowest BCUT2D eigenvalue weighted by Gasteiger charge is -2.16. The molecule has 2 rings (SSSR count). The van der Waals surface area contributed by atoms with E-state index < -0.39 is 17.7 Å². The largest absolute Gasteiger partial charge is 0.490 e. The molecule has 0 heterocycles. The number of thioether (sulfide) groups is 1. The highest BCUT2D eigenvalue weighted by molar-refractivity contribution is 7.99. The molecule has 29 heavy (non-hydrogen) atoms. The molecule has 0 saturated carbocycles. The van der Waals surface area contributed by atoms with Crippen LogP contribution in [-0.4, -0.2) is 31.0 Å². The Kier molecular flexibility index (Phi) is 8.25. The molecular weight excluding hydrogens is 405 g/mol. The van der Waals surface area contributed by atoms with Gasteiger partial charge in [-0.2, -0.15) is 13.2 Å². The Morgan fingerprint density at radius 2 is 1.83 bits per heavy atom. The van der Waals surface area contributed by atoms with Crippen LogP contribution in [0.25, 0.3) is 0 Å². The predicted octanol–water partition coefficient (Wildman–Crippen LogP) is 5.52. The number of ether oxygens (including phenoxy) is 3. The fraction of sp³-hybridized carbons (Fsp3) is 0.381. The van der Waals surface area contributed by atoms with Gasteiger partial charge in [-0.25, -0.2) is 4.79 Å². The van der Waals surface area contributed by atoms with Crippen molar-refractivity contribution in [2.75, 3.05) is 19.0 Å². The van der Waals surface area contributed by atoms with Gasteiger partial charge in [0.25, 0.3) is 0 Å². The molecule has 0 aromatic heterocycles. The van der Waals surface area contributed by atoms with Crippen molar-refractivity contribution in [3.63, 3.8) is 0 Å². The Labute approximate surface area is 172 Å². The highest BCUT2D eigenvalue weighted by Crippen LogP contribution is 2.31. The van der Waals surface area contributed by atoms with Crippen LogP contribution in [-0.2, 0) is 15.7 Å². The van der Waals surface area contributed by atoms with Gasteiger partial charge in [-0.15, -0.1) is 11.8 Å². The molecule has 2 aromatic carbocycles. The maximum absolute atomic E-state index is 12.6. The Morgan fingerprint density at radius 3 is 2.41 bits per heavy atom. The predicted molar refractivity (Wildman–Crippen MR) is 106 cm³/mol. The van der Waals surface area contributed by atoms with E-state index in [1.807, 2.05) is 26.0 Å². The summed E-state index contributed by atoms with van der Waals surface area (Å²) in [4.78, 5) is 12.4. The first-order valence-corrected chi connectivity index (χ1v) is 10.0. The van der Waals surface area contributed by atoms with Gasteiger partial charge >= 0.3 is 12.1 Å². The molecule has 1 atom stereocenters. The normalized spacial score (nSPS) is 12.3. The number of alkyl halides is 3. The third-order valence-electron chi connectivity index (χ3n) is 3.80. The van der Waals surface area contributed by atoms with Crippen molar-refractivity contribution in [2.45, 2.75) is 37.9 Å². The zero-order valence-electron chi connectivity index (χ0n) is 16.4. The van der Waals surface area contributed by atoms with Crippen LogP contribution in [0, 0.1) is 6.92 Å². The molecule has 8 heteroatoms. The first-order chi connectivity index (χ1) is 13.7. The van der Waals surface area contributed by atoms with E-state index in [9.17, 15) is 18.0 Å². The third-order valence-corrected chi connectivity index (χ3v) is 5.02. The van der Waals surface area contributed by atoms with Gasteiger partial charge in [0.2, 0.25) is 0 Å². The number of aryl methyl sites for hydroxylation is 1. The molecule has 0 saturated heterocycles. The summed E-state index contributed by atoms with van der Waals surface area (Å²) in [6.45, 7) is 5.64. The average Bonchev–Trinajstić information content (AvgIpc) is 2.65. The zero-order valence-corrected chi connectivity index (χ0v) is 17.2. The lowest BCUT2D eigenvalue weighted by atomic mass is 10.2. The Morgan fingerprint density at radius 1 is 1.14 bits per heavy atom. The maximum Gasteiger partial charge on any atom is 0.416 e. The van der Waals surface area contributed by atoms with Crippen molar-refractivity contribution in [3.05, 3.63) is 53.6 Å². The number of hydrogen-bond donors (Lipinski definition) is 0. The number of halogens is 3. The Balaban J connectivity index is 1.84. The second-order valence-electron chi connectivity index (χ2n) is 6.28.